The van der Waals surface area contributed by atoms with Gasteiger partial charge in [-0.2, -0.15) is 13.2 Å². The van der Waals surface area contributed by atoms with E-state index in [9.17, 15) is 18.0 Å². The Balaban J connectivity index is 1.91. The third-order valence-electron chi connectivity index (χ3n) is 4.23. The van der Waals surface area contributed by atoms with E-state index in [0.717, 1.165) is 29.9 Å². The zero-order valence-electron chi connectivity index (χ0n) is 12.3. The Morgan fingerprint density at radius 1 is 1.17 bits per heavy atom. The summed E-state index contributed by atoms with van der Waals surface area (Å²) in [7, 11) is 0. The molecular formula is C17H16F3NOS. The number of nitrogens with two attached hydrogens (primary N) is 1. The highest BCUT2D eigenvalue weighted by molar-refractivity contribution is 7.16. The van der Waals surface area contributed by atoms with Gasteiger partial charge in [0.15, 0.2) is 5.78 Å². The average molecular weight is 339 g/mol. The minimum Gasteiger partial charge on any atom is -0.390 e. The fourth-order valence-electron chi connectivity index (χ4n) is 3.01. The number of thiophene rings is 1. The smallest absolute Gasteiger partial charge is 0.390 e. The average Bonchev–Trinajstić information content (AvgIpc) is 3.15. The van der Waals surface area contributed by atoms with Gasteiger partial charge in [-0.1, -0.05) is 25.0 Å². The lowest BCUT2D eigenvalue weighted by molar-refractivity contribution is -0.137. The lowest BCUT2D eigenvalue weighted by Gasteiger charge is -2.08. The monoisotopic (exact) mass is 339 g/mol. The molecule has 0 radical (unpaired) electrons. The van der Waals surface area contributed by atoms with E-state index in [4.69, 9.17) is 5.73 Å². The highest BCUT2D eigenvalue weighted by Gasteiger charge is 2.31. The lowest BCUT2D eigenvalue weighted by Crippen LogP contribution is -2.08. The molecule has 1 aromatic carbocycles. The van der Waals surface area contributed by atoms with Crippen LogP contribution in [0, 0.1) is 0 Å². The second-order valence-corrected chi connectivity index (χ2v) is 6.93. The van der Waals surface area contributed by atoms with E-state index in [1.54, 1.807) is 6.07 Å². The maximum absolute atomic E-state index is 12.8. The summed E-state index contributed by atoms with van der Waals surface area (Å²) < 4.78 is 38.4. The molecule has 0 spiro atoms. The topological polar surface area (TPSA) is 43.1 Å². The van der Waals surface area contributed by atoms with Crippen LogP contribution >= 0.6 is 11.3 Å². The van der Waals surface area contributed by atoms with Crippen LogP contribution in [0.25, 0.3) is 0 Å². The van der Waals surface area contributed by atoms with E-state index < -0.39 is 17.5 Å². The fourth-order valence-corrected chi connectivity index (χ4v) is 4.10. The van der Waals surface area contributed by atoms with E-state index in [1.807, 2.05) is 0 Å². The molecule has 2 aromatic rings. The van der Waals surface area contributed by atoms with Crippen molar-refractivity contribution in [1.29, 1.82) is 0 Å². The van der Waals surface area contributed by atoms with Crippen molar-refractivity contribution in [3.63, 3.8) is 0 Å². The molecule has 0 saturated heterocycles. The molecule has 0 aliphatic heterocycles. The Hall–Kier alpha value is -1.82. The Labute approximate surface area is 136 Å². The van der Waals surface area contributed by atoms with Crippen molar-refractivity contribution in [3.05, 3.63) is 51.9 Å². The number of nitrogen functional groups attached to an aromatic ring is 1. The zero-order valence-corrected chi connectivity index (χ0v) is 13.1. The molecule has 0 bridgehead atoms. The molecule has 6 heteroatoms. The van der Waals surface area contributed by atoms with Crippen LogP contribution in [0.1, 0.15) is 58.0 Å². The van der Waals surface area contributed by atoms with Crippen LogP contribution in [-0.4, -0.2) is 5.78 Å². The predicted octanol–water partition coefficient (Wildman–Crippen LogP) is 5.24. The van der Waals surface area contributed by atoms with Crippen LogP contribution in [-0.2, 0) is 6.18 Å². The number of rotatable bonds is 3. The molecule has 1 fully saturated rings. The molecular weight excluding hydrogens is 323 g/mol. The van der Waals surface area contributed by atoms with Crippen molar-refractivity contribution < 1.29 is 18.0 Å². The molecule has 1 aliphatic carbocycles. The van der Waals surface area contributed by atoms with Crippen molar-refractivity contribution in [2.45, 2.75) is 37.8 Å². The van der Waals surface area contributed by atoms with Crippen LogP contribution in [0.2, 0.25) is 0 Å². The number of benzene rings is 1. The van der Waals surface area contributed by atoms with Gasteiger partial charge in [-0.25, -0.2) is 0 Å². The molecule has 0 unspecified atom stereocenters. The highest BCUT2D eigenvalue weighted by atomic mass is 32.1. The summed E-state index contributed by atoms with van der Waals surface area (Å²) in [5.41, 5.74) is 5.45. The first-order valence-electron chi connectivity index (χ1n) is 7.47. The summed E-state index contributed by atoms with van der Waals surface area (Å²) in [5.74, 6) is -0.0283. The second kappa shape index (κ2) is 6.00. The van der Waals surface area contributed by atoms with Gasteiger partial charge in [-0.05, 0) is 37.0 Å². The van der Waals surface area contributed by atoms with Crippen LogP contribution < -0.4 is 5.73 Å². The first kappa shape index (κ1) is 16.1. The van der Waals surface area contributed by atoms with E-state index in [1.165, 1.54) is 36.3 Å². The van der Waals surface area contributed by atoms with Gasteiger partial charge >= 0.3 is 6.18 Å². The van der Waals surface area contributed by atoms with Gasteiger partial charge < -0.3 is 5.73 Å². The van der Waals surface area contributed by atoms with Gasteiger partial charge in [-0.15, -0.1) is 11.3 Å². The molecule has 2 nitrogen and oxygen atoms in total. The van der Waals surface area contributed by atoms with Crippen molar-refractivity contribution in [2.75, 3.05) is 5.73 Å². The zero-order chi connectivity index (χ0) is 16.6. The summed E-state index contributed by atoms with van der Waals surface area (Å²) in [6, 6.07) is 6.24. The van der Waals surface area contributed by atoms with Crippen molar-refractivity contribution in [2.24, 2.45) is 0 Å². The SMILES string of the molecule is Nc1sc(C2CCCC2)cc1C(=O)c1cccc(C(F)(F)F)c1. The van der Waals surface area contributed by atoms with Gasteiger partial charge in [0, 0.05) is 10.4 Å². The first-order chi connectivity index (χ1) is 10.9. The Morgan fingerprint density at radius 2 is 1.87 bits per heavy atom. The number of hydrogen-bond donors (Lipinski definition) is 1. The lowest BCUT2D eigenvalue weighted by atomic mass is 10.0. The third kappa shape index (κ3) is 3.27. The van der Waals surface area contributed by atoms with E-state index >= 15 is 0 Å². The Morgan fingerprint density at radius 3 is 2.52 bits per heavy atom. The van der Waals surface area contributed by atoms with Crippen LogP contribution in [0.15, 0.2) is 30.3 Å². The number of hydrogen-bond acceptors (Lipinski definition) is 3. The van der Waals surface area contributed by atoms with E-state index in [0.29, 0.717) is 16.5 Å². The number of anilines is 1. The summed E-state index contributed by atoms with van der Waals surface area (Å²) in [6.45, 7) is 0. The molecule has 3 rings (SSSR count). The van der Waals surface area contributed by atoms with E-state index in [-0.39, 0.29) is 5.56 Å². The van der Waals surface area contributed by atoms with Gasteiger partial charge in [0.25, 0.3) is 0 Å². The second-order valence-electron chi connectivity index (χ2n) is 5.82. The van der Waals surface area contributed by atoms with Gasteiger partial charge in [-0.3, -0.25) is 4.79 Å². The molecule has 0 atom stereocenters. The van der Waals surface area contributed by atoms with Gasteiger partial charge in [0.1, 0.15) is 0 Å². The van der Waals surface area contributed by atoms with E-state index in [2.05, 4.69) is 0 Å². The Bertz CT molecular complexity index is 730. The fraction of sp³-hybridized carbons (Fsp3) is 0.353. The highest BCUT2D eigenvalue weighted by Crippen LogP contribution is 2.40. The molecule has 2 N–H and O–H groups in total. The third-order valence-corrected chi connectivity index (χ3v) is 5.36. The van der Waals surface area contributed by atoms with Crippen molar-refractivity contribution in [1.82, 2.24) is 0 Å². The van der Waals surface area contributed by atoms with Crippen LogP contribution in [0.4, 0.5) is 18.2 Å². The minimum absolute atomic E-state index is 0.0160. The summed E-state index contributed by atoms with van der Waals surface area (Å²) in [5, 5.41) is 0.384. The van der Waals surface area contributed by atoms with Gasteiger partial charge in [0.2, 0.25) is 0 Å². The first-order valence-corrected chi connectivity index (χ1v) is 8.29. The van der Waals surface area contributed by atoms with Crippen molar-refractivity contribution >= 4 is 22.1 Å². The largest absolute Gasteiger partial charge is 0.416 e. The molecule has 23 heavy (non-hydrogen) atoms. The van der Waals surface area contributed by atoms with Gasteiger partial charge in [0.05, 0.1) is 16.1 Å². The number of alkyl halides is 3. The minimum atomic E-state index is -4.47. The maximum Gasteiger partial charge on any atom is 0.416 e. The summed E-state index contributed by atoms with van der Waals surface area (Å²) >= 11 is 1.38. The quantitative estimate of drug-likeness (QED) is 0.777. The van der Waals surface area contributed by atoms with Crippen LogP contribution in [0.5, 0.6) is 0 Å². The molecule has 1 heterocycles. The number of ketones is 1. The van der Waals surface area contributed by atoms with Crippen LogP contribution in [0.3, 0.4) is 0 Å². The number of carbonyl (C=O) groups excluding carboxylic acids is 1. The summed E-state index contributed by atoms with van der Waals surface area (Å²) in [6.07, 6.45) is 0.0263. The molecule has 1 aromatic heterocycles. The van der Waals surface area contributed by atoms with Crippen molar-refractivity contribution in [3.8, 4) is 0 Å². The number of halogens is 3. The normalized spacial score (nSPS) is 16.0. The number of carbonyl (C=O) groups is 1. The predicted molar refractivity (Wildman–Crippen MR) is 84.8 cm³/mol. The molecule has 122 valence electrons. The standard InChI is InChI=1S/C17H16F3NOS/c18-17(19,20)12-7-3-6-11(8-12)15(22)13-9-14(23-16(13)21)10-4-1-2-5-10/h3,6-10H,1-2,4-5,21H2. The molecule has 1 saturated carbocycles. The Kier molecular flexibility index (Phi) is 4.19. The molecule has 0 amide bonds. The maximum atomic E-state index is 12.8. The summed E-state index contributed by atoms with van der Waals surface area (Å²) in [4.78, 5) is 13.6. The molecule has 1 aliphatic rings.